The lowest BCUT2D eigenvalue weighted by Crippen LogP contribution is -2.36. The topological polar surface area (TPSA) is 95.5 Å². The number of fused-ring (bicyclic) bond motifs is 2. The Bertz CT molecular complexity index is 739. The van der Waals surface area contributed by atoms with Crippen LogP contribution in [0.5, 0.6) is 0 Å². The first kappa shape index (κ1) is 18.2. The highest BCUT2D eigenvalue weighted by Crippen LogP contribution is 2.48. The zero-order valence-electron chi connectivity index (χ0n) is 14.9. The quantitative estimate of drug-likeness (QED) is 0.682. The number of rotatable bonds is 6. The van der Waals surface area contributed by atoms with E-state index in [2.05, 4.69) is 10.6 Å². The first-order valence-corrected chi connectivity index (χ1v) is 8.97. The van der Waals surface area contributed by atoms with Crippen molar-refractivity contribution in [3.05, 3.63) is 36.4 Å². The van der Waals surface area contributed by atoms with E-state index >= 15 is 0 Å². The van der Waals surface area contributed by atoms with Crippen molar-refractivity contribution >= 4 is 29.2 Å². The Morgan fingerprint density at radius 2 is 1.54 bits per heavy atom. The lowest BCUT2D eigenvalue weighted by atomic mass is 9.82. The molecular weight excluding hydrogens is 332 g/mol. The summed E-state index contributed by atoms with van der Waals surface area (Å²) in [5.74, 6) is -2.17. The molecule has 0 aromatic heterocycles. The number of aliphatic carboxylic acids is 1. The summed E-state index contributed by atoms with van der Waals surface area (Å²) < 4.78 is 0. The molecule has 138 valence electrons. The molecule has 3 N–H and O–H groups in total. The summed E-state index contributed by atoms with van der Waals surface area (Å²) in [5, 5.41) is 15.1. The molecule has 2 aliphatic carbocycles. The van der Waals surface area contributed by atoms with E-state index in [1.807, 2.05) is 26.0 Å². The molecule has 0 aliphatic heterocycles. The van der Waals surface area contributed by atoms with Crippen molar-refractivity contribution in [3.8, 4) is 0 Å². The number of carboxylic acids is 1. The summed E-state index contributed by atoms with van der Waals surface area (Å²) in [7, 11) is 0. The van der Waals surface area contributed by atoms with E-state index < -0.39 is 17.8 Å². The summed E-state index contributed by atoms with van der Waals surface area (Å²) in [6.45, 7) is 3.96. The number of benzene rings is 1. The molecule has 1 saturated carbocycles. The third kappa shape index (κ3) is 3.79. The standard InChI is InChI=1S/C20H24N2O4/c1-11(2)9-16(23)21-14-5-7-15(8-6-14)22-19(24)17-12-3-4-13(10-12)18(17)20(25)26/h3-8,11-13,17-18H,9-10H2,1-2H3,(H,21,23)(H,22,24)(H,25,26)/t12-,13-,17-,18+/m0/s1. The minimum atomic E-state index is -0.912. The van der Waals surface area contributed by atoms with Gasteiger partial charge in [0.2, 0.25) is 11.8 Å². The second-order valence-electron chi connectivity index (χ2n) is 7.55. The monoisotopic (exact) mass is 356 g/mol. The van der Waals surface area contributed by atoms with Gasteiger partial charge in [-0.25, -0.2) is 0 Å². The molecule has 0 spiro atoms. The van der Waals surface area contributed by atoms with E-state index in [1.165, 1.54) is 0 Å². The average Bonchev–Trinajstić information content (AvgIpc) is 3.16. The number of allylic oxidation sites excluding steroid dienone is 2. The predicted octanol–water partition coefficient (Wildman–Crippen LogP) is 3.13. The number of amides is 2. The van der Waals surface area contributed by atoms with Gasteiger partial charge < -0.3 is 15.7 Å². The van der Waals surface area contributed by atoms with Crippen LogP contribution in [-0.4, -0.2) is 22.9 Å². The molecule has 6 nitrogen and oxygen atoms in total. The molecule has 2 bridgehead atoms. The summed E-state index contributed by atoms with van der Waals surface area (Å²) in [5.41, 5.74) is 1.26. The van der Waals surface area contributed by atoms with E-state index in [9.17, 15) is 19.5 Å². The van der Waals surface area contributed by atoms with Gasteiger partial charge in [-0.1, -0.05) is 26.0 Å². The minimum absolute atomic E-state index is 0.00399. The maximum absolute atomic E-state index is 12.6. The zero-order valence-corrected chi connectivity index (χ0v) is 14.9. The van der Waals surface area contributed by atoms with Gasteiger partial charge in [0.05, 0.1) is 11.8 Å². The Balaban J connectivity index is 1.62. The van der Waals surface area contributed by atoms with Gasteiger partial charge in [-0.3, -0.25) is 14.4 Å². The molecule has 1 aromatic rings. The lowest BCUT2D eigenvalue weighted by Gasteiger charge is -2.23. The van der Waals surface area contributed by atoms with Crippen LogP contribution < -0.4 is 10.6 Å². The molecule has 2 amide bonds. The van der Waals surface area contributed by atoms with E-state index in [0.717, 1.165) is 6.42 Å². The molecule has 2 aliphatic rings. The third-order valence-corrected chi connectivity index (χ3v) is 5.08. The fourth-order valence-electron chi connectivity index (χ4n) is 3.96. The summed E-state index contributed by atoms with van der Waals surface area (Å²) >= 11 is 0. The smallest absolute Gasteiger partial charge is 0.307 e. The Hall–Kier alpha value is -2.63. The van der Waals surface area contributed by atoms with Crippen LogP contribution in [0.1, 0.15) is 26.7 Å². The second kappa shape index (κ2) is 7.32. The number of hydrogen-bond acceptors (Lipinski definition) is 3. The molecule has 1 fully saturated rings. The van der Waals surface area contributed by atoms with Gasteiger partial charge in [0, 0.05) is 17.8 Å². The van der Waals surface area contributed by atoms with E-state index in [4.69, 9.17) is 0 Å². The van der Waals surface area contributed by atoms with Crippen LogP contribution in [0.3, 0.4) is 0 Å². The number of anilines is 2. The largest absolute Gasteiger partial charge is 0.481 e. The van der Waals surface area contributed by atoms with E-state index in [1.54, 1.807) is 24.3 Å². The van der Waals surface area contributed by atoms with E-state index in [0.29, 0.717) is 17.8 Å². The van der Waals surface area contributed by atoms with Crippen LogP contribution in [0.15, 0.2) is 36.4 Å². The van der Waals surface area contributed by atoms with Gasteiger partial charge in [-0.05, 0) is 48.4 Å². The summed E-state index contributed by atoms with van der Waals surface area (Å²) in [6.07, 6.45) is 5.06. The Labute approximate surface area is 152 Å². The highest BCUT2D eigenvalue weighted by molar-refractivity contribution is 5.97. The maximum atomic E-state index is 12.6. The van der Waals surface area contributed by atoms with Gasteiger partial charge in [0.15, 0.2) is 0 Å². The van der Waals surface area contributed by atoms with Gasteiger partial charge in [-0.2, -0.15) is 0 Å². The van der Waals surface area contributed by atoms with Crippen LogP contribution in [0.25, 0.3) is 0 Å². The highest BCUT2D eigenvalue weighted by Gasteiger charge is 2.51. The van der Waals surface area contributed by atoms with Crippen molar-refractivity contribution in [2.75, 3.05) is 10.6 Å². The third-order valence-electron chi connectivity index (χ3n) is 5.08. The van der Waals surface area contributed by atoms with Crippen LogP contribution in [0.2, 0.25) is 0 Å². The molecule has 6 heteroatoms. The van der Waals surface area contributed by atoms with Crippen molar-refractivity contribution in [1.29, 1.82) is 0 Å². The molecule has 3 rings (SSSR count). The summed E-state index contributed by atoms with van der Waals surface area (Å²) in [4.78, 5) is 35.9. The second-order valence-corrected chi connectivity index (χ2v) is 7.55. The zero-order chi connectivity index (χ0) is 18.8. The van der Waals surface area contributed by atoms with Crippen molar-refractivity contribution in [1.82, 2.24) is 0 Å². The molecule has 1 aromatic carbocycles. The highest BCUT2D eigenvalue weighted by atomic mass is 16.4. The number of nitrogens with one attached hydrogen (secondary N) is 2. The molecule has 0 unspecified atom stereocenters. The lowest BCUT2D eigenvalue weighted by molar-refractivity contribution is -0.146. The minimum Gasteiger partial charge on any atom is -0.481 e. The molecule has 0 radical (unpaired) electrons. The molecular formula is C20H24N2O4. The van der Waals surface area contributed by atoms with Gasteiger partial charge in [0.1, 0.15) is 0 Å². The van der Waals surface area contributed by atoms with Crippen molar-refractivity contribution in [2.45, 2.75) is 26.7 Å². The number of carbonyl (C=O) groups is 3. The average molecular weight is 356 g/mol. The Morgan fingerprint density at radius 1 is 1.00 bits per heavy atom. The van der Waals surface area contributed by atoms with Crippen LogP contribution in [0.4, 0.5) is 11.4 Å². The first-order chi connectivity index (χ1) is 12.3. The predicted molar refractivity (Wildman–Crippen MR) is 98.5 cm³/mol. The first-order valence-electron chi connectivity index (χ1n) is 8.97. The fraction of sp³-hybridized carbons (Fsp3) is 0.450. The molecule has 26 heavy (non-hydrogen) atoms. The van der Waals surface area contributed by atoms with E-state index in [-0.39, 0.29) is 29.6 Å². The number of hydrogen-bond donors (Lipinski definition) is 3. The Kier molecular flexibility index (Phi) is 5.11. The van der Waals surface area contributed by atoms with Crippen molar-refractivity contribution in [2.24, 2.45) is 29.6 Å². The van der Waals surface area contributed by atoms with Gasteiger partial charge >= 0.3 is 5.97 Å². The SMILES string of the molecule is CC(C)CC(=O)Nc1ccc(NC(=O)[C@@H]2[C@H](C(=O)O)[C@H]3C=C[C@H]2C3)cc1. The molecule has 4 atom stereocenters. The summed E-state index contributed by atoms with van der Waals surface area (Å²) in [6, 6.07) is 6.87. The normalized spacial score (nSPS) is 26.1. The van der Waals surface area contributed by atoms with Gasteiger partial charge in [0.25, 0.3) is 0 Å². The number of carboxylic acid groups (broad SMARTS) is 1. The van der Waals surface area contributed by atoms with Gasteiger partial charge in [-0.15, -0.1) is 0 Å². The Morgan fingerprint density at radius 3 is 2.08 bits per heavy atom. The maximum Gasteiger partial charge on any atom is 0.307 e. The van der Waals surface area contributed by atoms with Crippen LogP contribution >= 0.6 is 0 Å². The fourth-order valence-corrected chi connectivity index (χ4v) is 3.96. The number of carbonyl (C=O) groups excluding carboxylic acids is 2. The van der Waals surface area contributed by atoms with Crippen LogP contribution in [0, 0.1) is 29.6 Å². The van der Waals surface area contributed by atoms with Crippen molar-refractivity contribution < 1.29 is 19.5 Å². The van der Waals surface area contributed by atoms with Crippen LogP contribution in [-0.2, 0) is 14.4 Å². The molecule has 0 heterocycles. The van der Waals surface area contributed by atoms with Crippen molar-refractivity contribution in [3.63, 3.8) is 0 Å². The molecule has 0 saturated heterocycles.